The molecule has 1 aliphatic rings. The van der Waals surface area contributed by atoms with Crippen LogP contribution in [0.5, 0.6) is 0 Å². The van der Waals surface area contributed by atoms with E-state index in [0.717, 1.165) is 6.07 Å². The highest BCUT2D eigenvalue weighted by Gasteiger charge is 2.57. The second-order valence-corrected chi connectivity index (χ2v) is 5.72. The Morgan fingerprint density at radius 2 is 2.15 bits per heavy atom. The summed E-state index contributed by atoms with van der Waals surface area (Å²) in [6.07, 6.45) is 2.97. The first-order chi connectivity index (χ1) is 9.45. The van der Waals surface area contributed by atoms with E-state index in [4.69, 9.17) is 4.74 Å². The van der Waals surface area contributed by atoms with Crippen molar-refractivity contribution in [1.82, 2.24) is 14.8 Å². The maximum absolute atomic E-state index is 14.2. The lowest BCUT2D eigenvalue weighted by molar-refractivity contribution is -0.270. The molecule has 1 aromatic carbocycles. The number of hydrogen-bond donors (Lipinski definition) is 0. The first kappa shape index (κ1) is 13.2. The van der Waals surface area contributed by atoms with Crippen molar-refractivity contribution >= 4 is 0 Å². The van der Waals surface area contributed by atoms with E-state index in [1.807, 2.05) is 13.8 Å². The second-order valence-electron chi connectivity index (χ2n) is 5.72. The average molecular weight is 279 g/mol. The summed E-state index contributed by atoms with van der Waals surface area (Å²) in [6, 6.07) is 3.58. The third-order valence-corrected chi connectivity index (χ3v) is 3.99. The lowest BCUT2D eigenvalue weighted by atomic mass is 9.66. The molecule has 20 heavy (non-hydrogen) atoms. The Labute approximate surface area is 115 Å². The van der Waals surface area contributed by atoms with Gasteiger partial charge in [0.15, 0.2) is 0 Å². The first-order valence-electron chi connectivity index (χ1n) is 6.36. The Hall–Kier alpha value is -1.82. The van der Waals surface area contributed by atoms with Gasteiger partial charge in [-0.15, -0.1) is 0 Å². The van der Waals surface area contributed by atoms with Crippen LogP contribution in [0.3, 0.4) is 0 Å². The molecule has 3 rings (SSSR count). The van der Waals surface area contributed by atoms with Gasteiger partial charge in [-0.1, -0.05) is 19.9 Å². The van der Waals surface area contributed by atoms with Crippen LogP contribution < -0.4 is 0 Å². The molecule has 1 unspecified atom stereocenters. The van der Waals surface area contributed by atoms with Gasteiger partial charge in [-0.3, -0.25) is 0 Å². The van der Waals surface area contributed by atoms with Crippen LogP contribution in [0, 0.1) is 17.0 Å². The largest absolute Gasteiger partial charge is 0.367 e. The summed E-state index contributed by atoms with van der Waals surface area (Å²) in [7, 11) is 0. The van der Waals surface area contributed by atoms with Crippen LogP contribution in [0.2, 0.25) is 0 Å². The zero-order chi connectivity index (χ0) is 14.4. The molecule has 0 radical (unpaired) electrons. The molecule has 0 aliphatic carbocycles. The lowest BCUT2D eigenvalue weighted by Crippen LogP contribution is -2.60. The molecular weight excluding hydrogens is 264 g/mol. The third-order valence-electron chi connectivity index (χ3n) is 3.99. The fraction of sp³-hybridized carbons (Fsp3) is 0.429. The third kappa shape index (κ3) is 1.83. The SMILES string of the molecule is CC1(C)COC1(Cn1cncn1)c1ccc(F)cc1F. The normalized spacial score (nSPS) is 24.4. The zero-order valence-corrected chi connectivity index (χ0v) is 11.3. The highest BCUT2D eigenvalue weighted by Crippen LogP contribution is 2.53. The summed E-state index contributed by atoms with van der Waals surface area (Å²) in [5, 5.41) is 4.05. The Bertz CT molecular complexity index is 627. The molecule has 0 amide bonds. The molecule has 4 nitrogen and oxygen atoms in total. The molecule has 6 heteroatoms. The molecule has 1 aromatic heterocycles. The summed E-state index contributed by atoms with van der Waals surface area (Å²) in [5.74, 6) is -1.20. The molecule has 0 spiro atoms. The van der Waals surface area contributed by atoms with Crippen molar-refractivity contribution in [2.45, 2.75) is 26.0 Å². The molecule has 2 aromatic rings. The van der Waals surface area contributed by atoms with Crippen LogP contribution in [-0.4, -0.2) is 21.4 Å². The van der Waals surface area contributed by atoms with Gasteiger partial charge in [0.2, 0.25) is 0 Å². The highest BCUT2D eigenvalue weighted by molar-refractivity contribution is 5.30. The Morgan fingerprint density at radius 1 is 1.35 bits per heavy atom. The minimum atomic E-state index is -0.863. The molecule has 0 N–H and O–H groups in total. The molecular formula is C14H15F2N3O. The number of halogens is 2. The summed E-state index contributed by atoms with van der Waals surface area (Å²) >= 11 is 0. The second kappa shape index (κ2) is 4.34. The fourth-order valence-electron chi connectivity index (χ4n) is 2.68. The van der Waals surface area contributed by atoms with Gasteiger partial charge < -0.3 is 4.74 Å². The fourth-order valence-corrected chi connectivity index (χ4v) is 2.68. The van der Waals surface area contributed by atoms with Crippen LogP contribution in [0.15, 0.2) is 30.9 Å². The van der Waals surface area contributed by atoms with E-state index in [9.17, 15) is 8.78 Å². The monoisotopic (exact) mass is 279 g/mol. The van der Waals surface area contributed by atoms with E-state index in [1.165, 1.54) is 18.5 Å². The van der Waals surface area contributed by atoms with Crippen LogP contribution in [0.25, 0.3) is 0 Å². The van der Waals surface area contributed by atoms with Gasteiger partial charge in [0.1, 0.15) is 29.9 Å². The molecule has 0 saturated carbocycles. The molecule has 2 heterocycles. The van der Waals surface area contributed by atoms with E-state index >= 15 is 0 Å². The van der Waals surface area contributed by atoms with E-state index in [-0.39, 0.29) is 5.41 Å². The van der Waals surface area contributed by atoms with E-state index in [0.29, 0.717) is 18.7 Å². The van der Waals surface area contributed by atoms with Crippen molar-refractivity contribution in [1.29, 1.82) is 0 Å². The molecule has 1 fully saturated rings. The predicted octanol–water partition coefficient (Wildman–Crippen LogP) is 2.51. The van der Waals surface area contributed by atoms with E-state index in [1.54, 1.807) is 11.0 Å². The summed E-state index contributed by atoms with van der Waals surface area (Å²) in [4.78, 5) is 3.89. The van der Waals surface area contributed by atoms with Gasteiger partial charge in [-0.2, -0.15) is 5.10 Å². The van der Waals surface area contributed by atoms with Crippen molar-refractivity contribution in [3.05, 3.63) is 48.1 Å². The maximum atomic E-state index is 14.2. The number of rotatable bonds is 3. The molecule has 1 atom stereocenters. The quantitative estimate of drug-likeness (QED) is 0.866. The Kier molecular flexibility index (Phi) is 2.86. The molecule has 1 aliphatic heterocycles. The van der Waals surface area contributed by atoms with Crippen molar-refractivity contribution in [2.75, 3.05) is 6.61 Å². The topological polar surface area (TPSA) is 39.9 Å². The Balaban J connectivity index is 2.07. The minimum Gasteiger partial charge on any atom is -0.367 e. The van der Waals surface area contributed by atoms with Gasteiger partial charge in [0.05, 0.1) is 13.2 Å². The summed E-state index contributed by atoms with van der Waals surface area (Å²) < 4.78 is 34.7. The number of benzene rings is 1. The van der Waals surface area contributed by atoms with Gasteiger partial charge >= 0.3 is 0 Å². The van der Waals surface area contributed by atoms with Crippen molar-refractivity contribution in [3.63, 3.8) is 0 Å². The van der Waals surface area contributed by atoms with Crippen molar-refractivity contribution < 1.29 is 13.5 Å². The van der Waals surface area contributed by atoms with Crippen LogP contribution in [0.1, 0.15) is 19.4 Å². The predicted molar refractivity (Wildman–Crippen MR) is 67.8 cm³/mol. The molecule has 0 bridgehead atoms. The summed E-state index contributed by atoms with van der Waals surface area (Å²) in [6.45, 7) is 4.84. The van der Waals surface area contributed by atoms with Crippen LogP contribution in [-0.2, 0) is 16.9 Å². The standard InChI is InChI=1S/C14H15F2N3O/c1-13(2)7-20-14(13,6-19-9-17-8-18-19)11-4-3-10(15)5-12(11)16/h3-5,8-9H,6-7H2,1-2H3. The number of nitrogens with zero attached hydrogens (tertiary/aromatic N) is 3. The van der Waals surface area contributed by atoms with Gasteiger partial charge in [-0.25, -0.2) is 18.4 Å². The average Bonchev–Trinajstić information content (AvgIpc) is 2.88. The van der Waals surface area contributed by atoms with Crippen LogP contribution >= 0.6 is 0 Å². The maximum Gasteiger partial charge on any atom is 0.137 e. The van der Waals surface area contributed by atoms with Crippen molar-refractivity contribution in [2.24, 2.45) is 5.41 Å². The molecule has 1 saturated heterocycles. The van der Waals surface area contributed by atoms with E-state index in [2.05, 4.69) is 10.1 Å². The number of ether oxygens (including phenoxy) is 1. The van der Waals surface area contributed by atoms with Crippen LogP contribution in [0.4, 0.5) is 8.78 Å². The lowest BCUT2D eigenvalue weighted by Gasteiger charge is -2.55. The number of aromatic nitrogens is 3. The summed E-state index contributed by atoms with van der Waals surface area (Å²) in [5.41, 5.74) is -0.790. The van der Waals surface area contributed by atoms with Gasteiger partial charge in [0, 0.05) is 17.0 Å². The first-order valence-corrected chi connectivity index (χ1v) is 6.36. The smallest absolute Gasteiger partial charge is 0.137 e. The number of hydrogen-bond acceptors (Lipinski definition) is 3. The zero-order valence-electron chi connectivity index (χ0n) is 11.3. The minimum absolute atomic E-state index is 0.280. The highest BCUT2D eigenvalue weighted by atomic mass is 19.1. The Morgan fingerprint density at radius 3 is 2.65 bits per heavy atom. The van der Waals surface area contributed by atoms with Crippen molar-refractivity contribution in [3.8, 4) is 0 Å². The van der Waals surface area contributed by atoms with E-state index < -0.39 is 17.2 Å². The van der Waals surface area contributed by atoms with Gasteiger partial charge in [-0.05, 0) is 6.07 Å². The molecule has 106 valence electrons. The van der Waals surface area contributed by atoms with Gasteiger partial charge in [0.25, 0.3) is 0 Å².